The second-order valence-corrected chi connectivity index (χ2v) is 5.71. The maximum atomic E-state index is 5.20. The molecule has 3 nitrogen and oxygen atoms in total. The smallest absolute Gasteiger partial charge is 0.0641 e. The minimum atomic E-state index is 0.707. The number of para-hydroxylation sites is 1. The van der Waals surface area contributed by atoms with Gasteiger partial charge in [0.1, 0.15) is 0 Å². The van der Waals surface area contributed by atoms with E-state index in [4.69, 9.17) is 4.74 Å². The Kier molecular flexibility index (Phi) is 5.62. The Morgan fingerprint density at radius 3 is 2.80 bits per heavy atom. The molecule has 0 unspecified atom stereocenters. The molecule has 0 bridgehead atoms. The SMILES string of the molecule is COCCn1cc(CCNCC(C)C)c2ccccc21. The highest BCUT2D eigenvalue weighted by molar-refractivity contribution is 5.84. The minimum absolute atomic E-state index is 0.707. The highest BCUT2D eigenvalue weighted by Crippen LogP contribution is 2.21. The number of ether oxygens (including phenoxy) is 1. The van der Waals surface area contributed by atoms with E-state index in [2.05, 4.69) is 54.2 Å². The number of rotatable bonds is 8. The topological polar surface area (TPSA) is 26.2 Å². The summed E-state index contributed by atoms with van der Waals surface area (Å²) in [6.45, 7) is 8.27. The Balaban J connectivity index is 2.08. The maximum Gasteiger partial charge on any atom is 0.0641 e. The number of fused-ring (bicyclic) bond motifs is 1. The molecule has 3 heteroatoms. The maximum absolute atomic E-state index is 5.20. The number of nitrogens with zero attached hydrogens (tertiary/aromatic N) is 1. The fourth-order valence-corrected chi connectivity index (χ4v) is 2.51. The van der Waals surface area contributed by atoms with E-state index in [-0.39, 0.29) is 0 Å². The fourth-order valence-electron chi connectivity index (χ4n) is 2.51. The van der Waals surface area contributed by atoms with Gasteiger partial charge in [-0.25, -0.2) is 0 Å². The van der Waals surface area contributed by atoms with E-state index < -0.39 is 0 Å². The van der Waals surface area contributed by atoms with Crippen LogP contribution in [0, 0.1) is 5.92 Å². The van der Waals surface area contributed by atoms with Crippen LogP contribution in [0.15, 0.2) is 30.5 Å². The van der Waals surface area contributed by atoms with Gasteiger partial charge in [0, 0.05) is 30.8 Å². The second kappa shape index (κ2) is 7.46. The van der Waals surface area contributed by atoms with Crippen LogP contribution in [0.3, 0.4) is 0 Å². The zero-order chi connectivity index (χ0) is 14.4. The molecule has 0 radical (unpaired) electrons. The van der Waals surface area contributed by atoms with Crippen molar-refractivity contribution in [3.8, 4) is 0 Å². The summed E-state index contributed by atoms with van der Waals surface area (Å²) in [4.78, 5) is 0. The van der Waals surface area contributed by atoms with Crippen molar-refractivity contribution in [2.75, 3.05) is 26.8 Å². The molecule has 0 saturated heterocycles. The van der Waals surface area contributed by atoms with E-state index in [9.17, 15) is 0 Å². The summed E-state index contributed by atoms with van der Waals surface area (Å²) in [5, 5.41) is 4.89. The van der Waals surface area contributed by atoms with E-state index in [0.717, 1.165) is 32.7 Å². The van der Waals surface area contributed by atoms with Gasteiger partial charge in [-0.1, -0.05) is 32.0 Å². The molecule has 0 aliphatic carbocycles. The predicted molar refractivity (Wildman–Crippen MR) is 85.2 cm³/mol. The van der Waals surface area contributed by atoms with Gasteiger partial charge in [0.05, 0.1) is 6.61 Å². The first-order valence-electron chi connectivity index (χ1n) is 7.48. The van der Waals surface area contributed by atoms with Crippen molar-refractivity contribution in [3.63, 3.8) is 0 Å². The zero-order valence-electron chi connectivity index (χ0n) is 12.9. The normalized spacial score (nSPS) is 11.6. The Morgan fingerprint density at radius 1 is 1.25 bits per heavy atom. The number of methoxy groups -OCH3 is 1. The lowest BCUT2D eigenvalue weighted by Gasteiger charge is -2.06. The summed E-state index contributed by atoms with van der Waals surface area (Å²) in [5.74, 6) is 0.707. The monoisotopic (exact) mass is 274 g/mol. The first kappa shape index (κ1) is 15.1. The third kappa shape index (κ3) is 3.84. The largest absolute Gasteiger partial charge is 0.383 e. The Labute approximate surface area is 121 Å². The standard InChI is InChI=1S/C17H26N2O/c1-14(2)12-18-9-8-15-13-19(10-11-20-3)17-7-5-4-6-16(15)17/h4-7,13-14,18H,8-12H2,1-3H3. The van der Waals surface area contributed by atoms with E-state index >= 15 is 0 Å². The zero-order valence-corrected chi connectivity index (χ0v) is 12.9. The Morgan fingerprint density at radius 2 is 2.05 bits per heavy atom. The summed E-state index contributed by atoms with van der Waals surface area (Å²) in [5.41, 5.74) is 2.73. The molecule has 0 spiro atoms. The highest BCUT2D eigenvalue weighted by Gasteiger charge is 2.07. The average molecular weight is 274 g/mol. The molecular weight excluding hydrogens is 248 g/mol. The molecule has 0 saturated carbocycles. The molecule has 0 fully saturated rings. The molecule has 2 rings (SSSR count). The molecule has 1 heterocycles. The number of hydrogen-bond acceptors (Lipinski definition) is 2. The fraction of sp³-hybridized carbons (Fsp3) is 0.529. The highest BCUT2D eigenvalue weighted by atomic mass is 16.5. The van der Waals surface area contributed by atoms with Crippen LogP contribution in [0.5, 0.6) is 0 Å². The van der Waals surface area contributed by atoms with Crippen molar-refractivity contribution in [1.82, 2.24) is 9.88 Å². The predicted octanol–water partition coefficient (Wildman–Crippen LogP) is 3.08. The molecule has 1 N–H and O–H groups in total. The van der Waals surface area contributed by atoms with Gasteiger partial charge in [0.2, 0.25) is 0 Å². The van der Waals surface area contributed by atoms with E-state index in [1.807, 2.05) is 0 Å². The van der Waals surface area contributed by atoms with E-state index in [1.54, 1.807) is 7.11 Å². The first-order chi connectivity index (χ1) is 9.72. The van der Waals surface area contributed by atoms with E-state index in [1.165, 1.54) is 16.5 Å². The van der Waals surface area contributed by atoms with Gasteiger partial charge in [-0.05, 0) is 37.1 Å². The third-order valence-corrected chi connectivity index (χ3v) is 3.53. The van der Waals surface area contributed by atoms with Crippen molar-refractivity contribution in [2.24, 2.45) is 5.92 Å². The Hall–Kier alpha value is -1.32. The van der Waals surface area contributed by atoms with Crippen LogP contribution in [0.4, 0.5) is 0 Å². The van der Waals surface area contributed by atoms with Crippen LogP contribution < -0.4 is 5.32 Å². The summed E-state index contributed by atoms with van der Waals surface area (Å²) in [6, 6.07) is 8.63. The minimum Gasteiger partial charge on any atom is -0.383 e. The van der Waals surface area contributed by atoms with Crippen molar-refractivity contribution in [1.29, 1.82) is 0 Å². The molecule has 0 aliphatic heterocycles. The van der Waals surface area contributed by atoms with Crippen LogP contribution in [0.25, 0.3) is 10.9 Å². The number of nitrogens with one attached hydrogen (secondary N) is 1. The van der Waals surface area contributed by atoms with Crippen molar-refractivity contribution >= 4 is 10.9 Å². The molecule has 0 aliphatic rings. The van der Waals surface area contributed by atoms with Crippen LogP contribution in [0.2, 0.25) is 0 Å². The molecule has 0 amide bonds. The summed E-state index contributed by atoms with van der Waals surface area (Å²) < 4.78 is 7.50. The molecule has 0 atom stereocenters. The van der Waals surface area contributed by atoms with Gasteiger partial charge in [-0.2, -0.15) is 0 Å². The van der Waals surface area contributed by atoms with Crippen LogP contribution in [-0.4, -0.2) is 31.4 Å². The third-order valence-electron chi connectivity index (χ3n) is 3.53. The lowest BCUT2D eigenvalue weighted by Crippen LogP contribution is -2.22. The molecule has 110 valence electrons. The quantitative estimate of drug-likeness (QED) is 0.749. The van der Waals surface area contributed by atoms with Crippen molar-refractivity contribution in [3.05, 3.63) is 36.0 Å². The van der Waals surface area contributed by atoms with Crippen LogP contribution in [0.1, 0.15) is 19.4 Å². The average Bonchev–Trinajstić information content (AvgIpc) is 2.80. The second-order valence-electron chi connectivity index (χ2n) is 5.71. The van der Waals surface area contributed by atoms with Crippen molar-refractivity contribution in [2.45, 2.75) is 26.8 Å². The number of hydrogen-bond donors (Lipinski definition) is 1. The lowest BCUT2D eigenvalue weighted by molar-refractivity contribution is 0.188. The summed E-state index contributed by atoms with van der Waals surface area (Å²) >= 11 is 0. The van der Waals surface area contributed by atoms with Gasteiger partial charge in [0.25, 0.3) is 0 Å². The molecule has 1 aromatic heterocycles. The molecule has 1 aromatic carbocycles. The number of benzene rings is 1. The van der Waals surface area contributed by atoms with Crippen molar-refractivity contribution < 1.29 is 4.74 Å². The van der Waals surface area contributed by atoms with Crippen LogP contribution >= 0.6 is 0 Å². The molecule has 20 heavy (non-hydrogen) atoms. The lowest BCUT2D eigenvalue weighted by atomic mass is 10.1. The van der Waals surface area contributed by atoms with Gasteiger partial charge in [0.15, 0.2) is 0 Å². The summed E-state index contributed by atoms with van der Waals surface area (Å²) in [7, 11) is 1.75. The first-order valence-corrected chi connectivity index (χ1v) is 7.48. The summed E-state index contributed by atoms with van der Waals surface area (Å²) in [6.07, 6.45) is 3.36. The van der Waals surface area contributed by atoms with Gasteiger partial charge < -0.3 is 14.6 Å². The van der Waals surface area contributed by atoms with Gasteiger partial charge >= 0.3 is 0 Å². The molecular formula is C17H26N2O. The number of aromatic nitrogens is 1. The van der Waals surface area contributed by atoms with Gasteiger partial charge in [-0.3, -0.25) is 0 Å². The Bertz CT molecular complexity index is 531. The molecule has 2 aromatic rings. The van der Waals surface area contributed by atoms with Crippen LogP contribution in [-0.2, 0) is 17.7 Å². The van der Waals surface area contributed by atoms with Gasteiger partial charge in [-0.15, -0.1) is 0 Å². The van der Waals surface area contributed by atoms with E-state index in [0.29, 0.717) is 5.92 Å².